The first-order chi connectivity index (χ1) is 8.70. The minimum absolute atomic E-state index is 0.00742. The molecule has 0 spiro atoms. The van der Waals surface area contributed by atoms with E-state index in [1.165, 1.54) is 0 Å². The second kappa shape index (κ2) is 5.67. The van der Waals surface area contributed by atoms with Gasteiger partial charge >= 0.3 is 0 Å². The van der Waals surface area contributed by atoms with E-state index < -0.39 is 0 Å². The number of amides is 2. The molecule has 4 heteroatoms. The van der Waals surface area contributed by atoms with Crippen LogP contribution < -0.4 is 10.6 Å². The van der Waals surface area contributed by atoms with Crippen LogP contribution in [0.25, 0.3) is 0 Å². The molecule has 1 heterocycles. The summed E-state index contributed by atoms with van der Waals surface area (Å²) in [5.41, 5.74) is 2.42. The molecule has 0 aliphatic carbocycles. The smallest absolute Gasteiger partial charge is 0.251 e. The number of unbranched alkanes of at least 4 members (excludes halogenated alkanes) is 1. The Labute approximate surface area is 107 Å². The van der Waals surface area contributed by atoms with Gasteiger partial charge in [0.15, 0.2) is 0 Å². The fourth-order valence-corrected chi connectivity index (χ4v) is 2.05. The van der Waals surface area contributed by atoms with Crippen LogP contribution in [0.4, 0.5) is 5.69 Å². The fourth-order valence-electron chi connectivity index (χ4n) is 2.05. The lowest BCUT2D eigenvalue weighted by atomic mass is 10.00. The van der Waals surface area contributed by atoms with Gasteiger partial charge in [-0.25, -0.2) is 0 Å². The lowest BCUT2D eigenvalue weighted by Gasteiger charge is -2.17. The van der Waals surface area contributed by atoms with Crippen LogP contribution in [-0.4, -0.2) is 18.4 Å². The van der Waals surface area contributed by atoms with Gasteiger partial charge in [-0.1, -0.05) is 19.4 Å². The molecule has 0 saturated carbocycles. The van der Waals surface area contributed by atoms with Crippen molar-refractivity contribution in [2.24, 2.45) is 0 Å². The van der Waals surface area contributed by atoms with Gasteiger partial charge in [-0.15, -0.1) is 0 Å². The van der Waals surface area contributed by atoms with Gasteiger partial charge in [0.05, 0.1) is 0 Å². The highest BCUT2D eigenvalue weighted by atomic mass is 16.2. The number of anilines is 1. The van der Waals surface area contributed by atoms with Gasteiger partial charge in [0.25, 0.3) is 5.91 Å². The Hall–Kier alpha value is -1.84. The summed E-state index contributed by atoms with van der Waals surface area (Å²) in [6.45, 7) is 2.74. The molecule has 0 unspecified atom stereocenters. The van der Waals surface area contributed by atoms with Crippen LogP contribution in [0.2, 0.25) is 0 Å². The van der Waals surface area contributed by atoms with E-state index in [1.807, 2.05) is 12.1 Å². The van der Waals surface area contributed by atoms with Gasteiger partial charge in [-0.3, -0.25) is 9.59 Å². The molecule has 96 valence electrons. The number of benzene rings is 1. The molecule has 2 N–H and O–H groups in total. The van der Waals surface area contributed by atoms with Crippen molar-refractivity contribution < 1.29 is 9.59 Å². The van der Waals surface area contributed by atoms with E-state index in [0.717, 1.165) is 24.8 Å². The van der Waals surface area contributed by atoms with Crippen molar-refractivity contribution in [2.75, 3.05) is 11.9 Å². The van der Waals surface area contributed by atoms with Crippen LogP contribution in [0.5, 0.6) is 0 Å². The zero-order chi connectivity index (χ0) is 13.0. The first-order valence-electron chi connectivity index (χ1n) is 6.41. The number of carbonyl (C=O) groups is 2. The molecule has 0 saturated heterocycles. The zero-order valence-corrected chi connectivity index (χ0v) is 10.6. The third-order valence-corrected chi connectivity index (χ3v) is 3.08. The highest BCUT2D eigenvalue weighted by molar-refractivity contribution is 5.99. The number of hydrogen-bond acceptors (Lipinski definition) is 2. The Bertz CT molecular complexity index is 469. The van der Waals surface area contributed by atoms with Crippen molar-refractivity contribution in [2.45, 2.75) is 32.6 Å². The van der Waals surface area contributed by atoms with Crippen molar-refractivity contribution in [1.82, 2.24) is 5.32 Å². The van der Waals surface area contributed by atoms with Gasteiger partial charge in [0.2, 0.25) is 5.91 Å². The molecule has 2 amide bonds. The number of fused-ring (bicyclic) bond motifs is 1. The Morgan fingerprint density at radius 2 is 2.28 bits per heavy atom. The molecular weight excluding hydrogens is 228 g/mol. The second-order valence-electron chi connectivity index (χ2n) is 4.53. The molecule has 0 bridgehead atoms. The Kier molecular flexibility index (Phi) is 3.97. The average molecular weight is 246 g/mol. The van der Waals surface area contributed by atoms with Gasteiger partial charge < -0.3 is 10.6 Å². The maximum Gasteiger partial charge on any atom is 0.251 e. The summed E-state index contributed by atoms with van der Waals surface area (Å²) in [5.74, 6) is -0.0473. The molecular formula is C14H18N2O2. The Morgan fingerprint density at radius 1 is 1.44 bits per heavy atom. The van der Waals surface area contributed by atoms with Crippen LogP contribution in [0.3, 0.4) is 0 Å². The predicted molar refractivity (Wildman–Crippen MR) is 70.6 cm³/mol. The third-order valence-electron chi connectivity index (χ3n) is 3.08. The average Bonchev–Trinajstić information content (AvgIpc) is 2.37. The minimum Gasteiger partial charge on any atom is -0.352 e. The van der Waals surface area contributed by atoms with Crippen molar-refractivity contribution in [1.29, 1.82) is 0 Å². The molecule has 2 rings (SSSR count). The maximum atomic E-state index is 11.7. The molecule has 1 aromatic rings. The van der Waals surface area contributed by atoms with Crippen LogP contribution in [-0.2, 0) is 11.2 Å². The Morgan fingerprint density at radius 3 is 3.06 bits per heavy atom. The van der Waals surface area contributed by atoms with Crippen molar-refractivity contribution in [3.05, 3.63) is 29.3 Å². The van der Waals surface area contributed by atoms with Crippen LogP contribution >= 0.6 is 0 Å². The topological polar surface area (TPSA) is 58.2 Å². The molecule has 0 atom stereocenters. The predicted octanol–water partition coefficient (Wildman–Crippen LogP) is 2.10. The van der Waals surface area contributed by atoms with E-state index in [9.17, 15) is 9.59 Å². The number of hydrogen-bond donors (Lipinski definition) is 2. The van der Waals surface area contributed by atoms with E-state index in [4.69, 9.17) is 0 Å². The second-order valence-corrected chi connectivity index (χ2v) is 4.53. The summed E-state index contributed by atoms with van der Waals surface area (Å²) >= 11 is 0. The number of nitrogens with one attached hydrogen (secondary N) is 2. The fraction of sp³-hybridized carbons (Fsp3) is 0.429. The molecule has 4 nitrogen and oxygen atoms in total. The van der Waals surface area contributed by atoms with E-state index >= 15 is 0 Å². The van der Waals surface area contributed by atoms with Gasteiger partial charge in [-0.05, 0) is 30.5 Å². The quantitative estimate of drug-likeness (QED) is 0.854. The molecule has 18 heavy (non-hydrogen) atoms. The summed E-state index contributed by atoms with van der Waals surface area (Å²) in [4.78, 5) is 23.3. The summed E-state index contributed by atoms with van der Waals surface area (Å²) in [6, 6.07) is 5.54. The van der Waals surface area contributed by atoms with E-state index in [1.54, 1.807) is 6.07 Å². The zero-order valence-electron chi connectivity index (χ0n) is 10.6. The van der Waals surface area contributed by atoms with Crippen LogP contribution in [0, 0.1) is 0 Å². The lowest BCUT2D eigenvalue weighted by molar-refractivity contribution is -0.116. The van der Waals surface area contributed by atoms with E-state index in [0.29, 0.717) is 24.2 Å². The van der Waals surface area contributed by atoms with Crippen molar-refractivity contribution >= 4 is 17.5 Å². The summed E-state index contributed by atoms with van der Waals surface area (Å²) in [6.07, 6.45) is 3.27. The first-order valence-corrected chi connectivity index (χ1v) is 6.41. The highest BCUT2D eigenvalue weighted by Gasteiger charge is 2.16. The Balaban J connectivity index is 2.08. The number of rotatable bonds is 4. The van der Waals surface area contributed by atoms with E-state index in [-0.39, 0.29) is 11.8 Å². The largest absolute Gasteiger partial charge is 0.352 e. The standard InChI is InChI=1S/C14H18N2O2/c1-2-3-4-13(17)16-11-6-5-10-7-8-15-14(18)12(10)9-11/h5-6,9H,2-4,7-8H2,1H3,(H,15,18)(H,16,17). The van der Waals surface area contributed by atoms with Gasteiger partial charge in [0, 0.05) is 24.2 Å². The highest BCUT2D eigenvalue weighted by Crippen LogP contribution is 2.19. The SMILES string of the molecule is CCCCC(=O)Nc1ccc2c(c1)C(=O)NCC2. The van der Waals surface area contributed by atoms with Crippen molar-refractivity contribution in [3.8, 4) is 0 Å². The van der Waals surface area contributed by atoms with Crippen LogP contribution in [0.15, 0.2) is 18.2 Å². The third kappa shape index (κ3) is 2.88. The molecule has 0 radical (unpaired) electrons. The molecule has 0 fully saturated rings. The minimum atomic E-state index is -0.0547. The molecule has 1 aromatic carbocycles. The normalized spacial score (nSPS) is 13.7. The molecule has 0 aromatic heterocycles. The first kappa shape index (κ1) is 12.6. The van der Waals surface area contributed by atoms with E-state index in [2.05, 4.69) is 17.6 Å². The summed E-state index contributed by atoms with van der Waals surface area (Å²) in [5, 5.41) is 5.63. The van der Waals surface area contributed by atoms with Crippen molar-refractivity contribution in [3.63, 3.8) is 0 Å². The monoisotopic (exact) mass is 246 g/mol. The van der Waals surface area contributed by atoms with Gasteiger partial charge in [-0.2, -0.15) is 0 Å². The lowest BCUT2D eigenvalue weighted by Crippen LogP contribution is -2.31. The number of carbonyl (C=O) groups excluding carboxylic acids is 2. The molecule has 1 aliphatic heterocycles. The summed E-state index contributed by atoms with van der Waals surface area (Å²) in [7, 11) is 0. The maximum absolute atomic E-state index is 11.7. The van der Waals surface area contributed by atoms with Gasteiger partial charge in [0.1, 0.15) is 0 Å². The molecule has 1 aliphatic rings. The summed E-state index contributed by atoms with van der Waals surface area (Å²) < 4.78 is 0. The van der Waals surface area contributed by atoms with Crippen LogP contribution in [0.1, 0.15) is 42.1 Å².